The van der Waals surface area contributed by atoms with Crippen molar-refractivity contribution >= 4 is 5.97 Å². The number of carboxylic acid groups (broad SMARTS) is 1. The second-order valence-corrected chi connectivity index (χ2v) is 4.77. The van der Waals surface area contributed by atoms with Crippen LogP contribution in [0.4, 0.5) is 4.39 Å². The molecule has 0 fully saturated rings. The van der Waals surface area contributed by atoms with Gasteiger partial charge in [0.25, 0.3) is 0 Å². The molecule has 1 N–H and O–H groups in total. The van der Waals surface area contributed by atoms with Crippen LogP contribution in [0.3, 0.4) is 0 Å². The third kappa shape index (κ3) is 2.70. The number of aliphatic carboxylic acids is 1. The summed E-state index contributed by atoms with van der Waals surface area (Å²) in [5.41, 5.74) is 1.86. The van der Waals surface area contributed by atoms with Crippen molar-refractivity contribution in [2.75, 3.05) is 13.1 Å². The number of rotatable bonds is 4. The van der Waals surface area contributed by atoms with Crippen molar-refractivity contribution in [2.45, 2.75) is 32.2 Å². The van der Waals surface area contributed by atoms with Crippen molar-refractivity contribution in [1.29, 1.82) is 0 Å². The Morgan fingerprint density at radius 1 is 1.56 bits per heavy atom. The molecule has 0 aromatic heterocycles. The third-order valence-electron chi connectivity index (χ3n) is 3.61. The standard InChI is InChI=1S/C14H18FNO2/c1-10-14-11(4-2-5-12(14)15)7-9-16(10)8-3-6-13(17)18/h2,4-5,10H,3,6-9H2,1H3,(H,17,18)/t10-/m1/s1. The van der Waals surface area contributed by atoms with E-state index in [0.717, 1.165) is 24.1 Å². The van der Waals surface area contributed by atoms with Crippen molar-refractivity contribution in [3.63, 3.8) is 0 Å². The summed E-state index contributed by atoms with van der Waals surface area (Å²) in [5.74, 6) is -0.922. The Labute approximate surface area is 106 Å². The van der Waals surface area contributed by atoms with Gasteiger partial charge in [0.2, 0.25) is 0 Å². The van der Waals surface area contributed by atoms with E-state index in [1.807, 2.05) is 13.0 Å². The first-order valence-corrected chi connectivity index (χ1v) is 6.32. The fourth-order valence-electron chi connectivity index (χ4n) is 2.65. The van der Waals surface area contributed by atoms with Crippen molar-refractivity contribution in [2.24, 2.45) is 0 Å². The summed E-state index contributed by atoms with van der Waals surface area (Å²) in [6.07, 6.45) is 1.63. The lowest BCUT2D eigenvalue weighted by Crippen LogP contribution is -2.35. The minimum atomic E-state index is -0.772. The van der Waals surface area contributed by atoms with E-state index in [0.29, 0.717) is 13.0 Å². The number of carboxylic acids is 1. The summed E-state index contributed by atoms with van der Waals surface area (Å²) in [6, 6.07) is 5.25. The minimum absolute atomic E-state index is 0.0312. The maximum Gasteiger partial charge on any atom is 0.303 e. The topological polar surface area (TPSA) is 40.5 Å². The zero-order chi connectivity index (χ0) is 13.1. The molecule has 0 saturated heterocycles. The van der Waals surface area contributed by atoms with Crippen LogP contribution in [-0.4, -0.2) is 29.1 Å². The van der Waals surface area contributed by atoms with Gasteiger partial charge >= 0.3 is 5.97 Å². The number of hydrogen-bond donors (Lipinski definition) is 1. The molecule has 2 rings (SSSR count). The molecule has 98 valence electrons. The molecule has 1 atom stereocenters. The molecule has 0 unspecified atom stereocenters. The van der Waals surface area contributed by atoms with Gasteiger partial charge in [-0.05, 0) is 37.9 Å². The summed E-state index contributed by atoms with van der Waals surface area (Å²) >= 11 is 0. The normalized spacial score (nSPS) is 19.6. The highest BCUT2D eigenvalue weighted by molar-refractivity contribution is 5.66. The fraction of sp³-hybridized carbons (Fsp3) is 0.500. The van der Waals surface area contributed by atoms with Crippen molar-refractivity contribution < 1.29 is 14.3 Å². The lowest BCUT2D eigenvalue weighted by atomic mass is 9.93. The first-order chi connectivity index (χ1) is 8.59. The Balaban J connectivity index is 2.05. The molecule has 0 amide bonds. The van der Waals surface area contributed by atoms with Crippen molar-refractivity contribution in [3.05, 3.63) is 35.1 Å². The lowest BCUT2D eigenvalue weighted by Gasteiger charge is -2.35. The zero-order valence-corrected chi connectivity index (χ0v) is 10.5. The van der Waals surface area contributed by atoms with Crippen LogP contribution in [0.2, 0.25) is 0 Å². The van der Waals surface area contributed by atoms with Gasteiger partial charge in [-0.1, -0.05) is 12.1 Å². The highest BCUT2D eigenvalue weighted by Crippen LogP contribution is 2.31. The maximum absolute atomic E-state index is 13.8. The molecular formula is C14H18FNO2. The molecule has 4 heteroatoms. The third-order valence-corrected chi connectivity index (χ3v) is 3.61. The first-order valence-electron chi connectivity index (χ1n) is 6.32. The number of carbonyl (C=O) groups is 1. The Morgan fingerprint density at radius 2 is 2.33 bits per heavy atom. The van der Waals surface area contributed by atoms with Gasteiger partial charge in [0.15, 0.2) is 0 Å². The second-order valence-electron chi connectivity index (χ2n) is 4.77. The highest BCUT2D eigenvalue weighted by Gasteiger charge is 2.25. The van der Waals surface area contributed by atoms with Crippen LogP contribution in [-0.2, 0) is 11.2 Å². The number of fused-ring (bicyclic) bond motifs is 1. The summed E-state index contributed by atoms with van der Waals surface area (Å²) in [4.78, 5) is 12.7. The monoisotopic (exact) mass is 251 g/mol. The van der Waals surface area contributed by atoms with E-state index in [1.54, 1.807) is 6.07 Å². The van der Waals surface area contributed by atoms with E-state index in [2.05, 4.69) is 4.90 Å². The highest BCUT2D eigenvalue weighted by atomic mass is 19.1. The van der Waals surface area contributed by atoms with Crippen molar-refractivity contribution in [1.82, 2.24) is 4.90 Å². The van der Waals surface area contributed by atoms with Crippen molar-refractivity contribution in [3.8, 4) is 0 Å². The number of hydrogen-bond acceptors (Lipinski definition) is 2. The summed E-state index contributed by atoms with van der Waals surface area (Å²) in [6.45, 7) is 3.57. The van der Waals surface area contributed by atoms with Gasteiger partial charge < -0.3 is 5.11 Å². The van der Waals surface area contributed by atoms with Crippen LogP contribution in [0.25, 0.3) is 0 Å². The predicted octanol–water partition coefficient (Wildman–Crippen LogP) is 2.61. The number of halogens is 1. The van der Waals surface area contributed by atoms with Gasteiger partial charge in [-0.2, -0.15) is 0 Å². The quantitative estimate of drug-likeness (QED) is 0.894. The molecule has 1 heterocycles. The molecule has 1 aromatic rings. The fourth-order valence-corrected chi connectivity index (χ4v) is 2.65. The summed E-state index contributed by atoms with van der Waals surface area (Å²) < 4.78 is 13.8. The lowest BCUT2D eigenvalue weighted by molar-refractivity contribution is -0.137. The molecule has 0 bridgehead atoms. The smallest absolute Gasteiger partial charge is 0.303 e. The average molecular weight is 251 g/mol. The molecule has 0 radical (unpaired) electrons. The van der Waals surface area contributed by atoms with Gasteiger partial charge in [0, 0.05) is 24.6 Å². The van der Waals surface area contributed by atoms with Crippen LogP contribution in [0.15, 0.2) is 18.2 Å². The van der Waals surface area contributed by atoms with Gasteiger partial charge in [0.05, 0.1) is 0 Å². The largest absolute Gasteiger partial charge is 0.481 e. The molecule has 1 aromatic carbocycles. The van der Waals surface area contributed by atoms with Gasteiger partial charge in [0.1, 0.15) is 5.82 Å². The molecule has 1 aliphatic rings. The molecule has 0 saturated carbocycles. The first kappa shape index (κ1) is 13.0. The summed E-state index contributed by atoms with van der Waals surface area (Å²) in [7, 11) is 0. The zero-order valence-electron chi connectivity index (χ0n) is 10.5. The molecular weight excluding hydrogens is 233 g/mol. The SMILES string of the molecule is C[C@@H]1c2c(F)cccc2CCN1CCCC(=O)O. The minimum Gasteiger partial charge on any atom is -0.481 e. The number of nitrogens with zero attached hydrogens (tertiary/aromatic N) is 1. The van der Waals surface area contributed by atoms with E-state index >= 15 is 0 Å². The second kappa shape index (κ2) is 5.48. The Bertz CT molecular complexity index is 447. The maximum atomic E-state index is 13.8. The van der Waals surface area contributed by atoms with Crippen LogP contribution >= 0.6 is 0 Å². The van der Waals surface area contributed by atoms with E-state index in [4.69, 9.17) is 5.11 Å². The van der Waals surface area contributed by atoms with Crippen LogP contribution in [0.5, 0.6) is 0 Å². The average Bonchev–Trinajstić information content (AvgIpc) is 2.32. The summed E-state index contributed by atoms with van der Waals surface area (Å²) in [5, 5.41) is 8.63. The Morgan fingerprint density at radius 3 is 3.06 bits per heavy atom. The van der Waals surface area contributed by atoms with E-state index in [1.165, 1.54) is 6.07 Å². The van der Waals surface area contributed by atoms with Gasteiger partial charge in [-0.3, -0.25) is 9.69 Å². The Kier molecular flexibility index (Phi) is 3.97. The Hall–Kier alpha value is -1.42. The van der Waals surface area contributed by atoms with Crippen LogP contribution in [0, 0.1) is 5.82 Å². The van der Waals surface area contributed by atoms with E-state index < -0.39 is 5.97 Å². The van der Waals surface area contributed by atoms with Gasteiger partial charge in [-0.25, -0.2) is 4.39 Å². The van der Waals surface area contributed by atoms with E-state index in [-0.39, 0.29) is 18.3 Å². The van der Waals surface area contributed by atoms with E-state index in [9.17, 15) is 9.18 Å². The number of benzene rings is 1. The van der Waals surface area contributed by atoms with Crippen LogP contribution in [0.1, 0.15) is 36.9 Å². The molecule has 18 heavy (non-hydrogen) atoms. The van der Waals surface area contributed by atoms with Gasteiger partial charge in [-0.15, -0.1) is 0 Å². The predicted molar refractivity (Wildman–Crippen MR) is 67.0 cm³/mol. The molecule has 1 aliphatic heterocycles. The van der Waals surface area contributed by atoms with Crippen LogP contribution < -0.4 is 0 Å². The molecule has 0 aliphatic carbocycles. The molecule has 0 spiro atoms. The molecule has 3 nitrogen and oxygen atoms in total.